The minimum Gasteiger partial charge on any atom is -0.393 e. The van der Waals surface area contributed by atoms with Crippen molar-refractivity contribution in [3.05, 3.63) is 56.5 Å². The summed E-state index contributed by atoms with van der Waals surface area (Å²) in [6.07, 6.45) is 1.58. The number of nitro groups is 1. The summed E-state index contributed by atoms with van der Waals surface area (Å²) in [5, 5.41) is 14.8. The highest BCUT2D eigenvalue weighted by molar-refractivity contribution is 5.59. The third-order valence-electron chi connectivity index (χ3n) is 2.99. The van der Waals surface area contributed by atoms with Crippen LogP contribution in [0.5, 0.6) is 0 Å². The van der Waals surface area contributed by atoms with Gasteiger partial charge in [-0.1, -0.05) is 6.07 Å². The zero-order valence-electron chi connectivity index (χ0n) is 11.7. The lowest BCUT2D eigenvalue weighted by atomic mass is 10.2. The summed E-state index contributed by atoms with van der Waals surface area (Å²) < 4.78 is 1.27. The van der Waals surface area contributed by atoms with Crippen molar-refractivity contribution >= 4 is 17.1 Å². The van der Waals surface area contributed by atoms with Crippen LogP contribution in [0.2, 0.25) is 0 Å². The van der Waals surface area contributed by atoms with E-state index in [1.807, 2.05) is 14.1 Å². The summed E-state index contributed by atoms with van der Waals surface area (Å²) in [5.74, 6) is 0. The van der Waals surface area contributed by atoms with Crippen molar-refractivity contribution < 1.29 is 4.92 Å². The van der Waals surface area contributed by atoms with Gasteiger partial charge in [-0.25, -0.2) is 4.68 Å². The monoisotopic (exact) mass is 289 g/mol. The van der Waals surface area contributed by atoms with Crippen molar-refractivity contribution in [3.63, 3.8) is 0 Å². The molecule has 0 amide bonds. The molecule has 0 atom stereocenters. The molecule has 21 heavy (non-hydrogen) atoms. The van der Waals surface area contributed by atoms with Gasteiger partial charge in [0.1, 0.15) is 5.69 Å². The molecule has 0 bridgehead atoms. The molecule has 8 heteroatoms. The maximum Gasteiger partial charge on any atom is 0.292 e. The molecule has 0 radical (unpaired) electrons. The summed E-state index contributed by atoms with van der Waals surface area (Å²) in [6.45, 7) is 0.203. The molecule has 0 spiro atoms. The molecule has 0 saturated carbocycles. The highest BCUT2D eigenvalue weighted by Gasteiger charge is 2.11. The number of benzene rings is 1. The van der Waals surface area contributed by atoms with Crippen LogP contribution in [-0.4, -0.2) is 28.8 Å². The van der Waals surface area contributed by atoms with Gasteiger partial charge in [0.15, 0.2) is 0 Å². The van der Waals surface area contributed by atoms with Gasteiger partial charge in [-0.3, -0.25) is 14.9 Å². The van der Waals surface area contributed by atoms with Crippen LogP contribution in [-0.2, 0) is 6.54 Å². The molecule has 1 heterocycles. The Balaban J connectivity index is 2.28. The molecule has 0 aliphatic rings. The first-order valence-electron chi connectivity index (χ1n) is 6.16. The topological polar surface area (TPSA) is 107 Å². The smallest absolute Gasteiger partial charge is 0.292 e. The molecule has 8 nitrogen and oxygen atoms in total. The SMILES string of the molecule is CN(C)c1cnn(Cc2ccc([N+](=O)[O-])c(N)c2)c(=O)c1. The Labute approximate surface area is 120 Å². The lowest BCUT2D eigenvalue weighted by molar-refractivity contribution is -0.383. The van der Waals surface area contributed by atoms with Crippen LogP contribution in [0, 0.1) is 10.1 Å². The maximum atomic E-state index is 11.9. The normalized spacial score (nSPS) is 10.4. The van der Waals surface area contributed by atoms with Gasteiger partial charge in [0.05, 0.1) is 23.4 Å². The minimum atomic E-state index is -0.546. The lowest BCUT2D eigenvalue weighted by Gasteiger charge is -2.12. The quantitative estimate of drug-likeness (QED) is 0.508. The molecule has 2 N–H and O–H groups in total. The van der Waals surface area contributed by atoms with Crippen LogP contribution in [0.3, 0.4) is 0 Å². The largest absolute Gasteiger partial charge is 0.393 e. The fourth-order valence-corrected chi connectivity index (χ4v) is 1.83. The van der Waals surface area contributed by atoms with Gasteiger partial charge in [0, 0.05) is 26.2 Å². The van der Waals surface area contributed by atoms with Crippen LogP contribution in [0.4, 0.5) is 17.1 Å². The van der Waals surface area contributed by atoms with E-state index in [-0.39, 0.29) is 23.5 Å². The van der Waals surface area contributed by atoms with Crippen LogP contribution >= 0.6 is 0 Å². The first kappa shape index (κ1) is 14.5. The van der Waals surface area contributed by atoms with Crippen LogP contribution in [0.15, 0.2) is 35.3 Å². The number of rotatable bonds is 4. The van der Waals surface area contributed by atoms with Gasteiger partial charge < -0.3 is 10.6 Å². The first-order chi connectivity index (χ1) is 9.88. The zero-order valence-corrected chi connectivity index (χ0v) is 11.7. The third-order valence-corrected chi connectivity index (χ3v) is 2.99. The average molecular weight is 289 g/mol. The number of nitrogens with zero attached hydrogens (tertiary/aromatic N) is 4. The molecule has 2 aromatic rings. The number of nitrogen functional groups attached to an aromatic ring is 1. The lowest BCUT2D eigenvalue weighted by Crippen LogP contribution is -2.24. The van der Waals surface area contributed by atoms with Crippen LogP contribution < -0.4 is 16.2 Å². The van der Waals surface area contributed by atoms with Gasteiger partial charge in [0.2, 0.25) is 0 Å². The Hall–Kier alpha value is -2.90. The van der Waals surface area contributed by atoms with E-state index >= 15 is 0 Å². The Morgan fingerprint density at radius 1 is 1.38 bits per heavy atom. The van der Waals surface area contributed by atoms with E-state index in [9.17, 15) is 14.9 Å². The molecule has 2 rings (SSSR count). The summed E-state index contributed by atoms with van der Waals surface area (Å²) >= 11 is 0. The average Bonchev–Trinajstić information content (AvgIpc) is 2.40. The van der Waals surface area contributed by atoms with Crippen molar-refractivity contribution in [3.8, 4) is 0 Å². The standard InChI is InChI=1S/C13H15N5O3/c1-16(2)10-6-13(19)17(15-7-10)8-9-3-4-12(18(20)21)11(14)5-9/h3-7H,8,14H2,1-2H3. The Bertz CT molecular complexity index is 739. The van der Waals surface area contributed by atoms with E-state index < -0.39 is 4.92 Å². The zero-order chi connectivity index (χ0) is 15.6. The number of nitro benzene ring substituents is 1. The number of anilines is 2. The van der Waals surface area contributed by atoms with Gasteiger partial charge in [-0.15, -0.1) is 0 Å². The van der Waals surface area contributed by atoms with Gasteiger partial charge in [0.25, 0.3) is 11.2 Å². The first-order valence-corrected chi connectivity index (χ1v) is 6.16. The maximum absolute atomic E-state index is 11.9. The predicted octanol–water partition coefficient (Wildman–Crippen LogP) is 0.848. The molecule has 0 fully saturated rings. The summed E-state index contributed by atoms with van der Waals surface area (Å²) in [4.78, 5) is 23.9. The van der Waals surface area contributed by atoms with Crippen molar-refractivity contribution in [2.45, 2.75) is 6.54 Å². The number of hydrogen-bond donors (Lipinski definition) is 1. The fourth-order valence-electron chi connectivity index (χ4n) is 1.83. The highest BCUT2D eigenvalue weighted by atomic mass is 16.6. The molecule has 0 unspecified atom stereocenters. The Morgan fingerprint density at radius 2 is 2.10 bits per heavy atom. The number of aromatic nitrogens is 2. The minimum absolute atomic E-state index is 0.0652. The molecule has 0 aliphatic heterocycles. The van der Waals surface area contributed by atoms with Crippen LogP contribution in [0.25, 0.3) is 0 Å². The summed E-state index contributed by atoms with van der Waals surface area (Å²) in [6, 6.07) is 5.83. The van der Waals surface area contributed by atoms with Gasteiger partial charge >= 0.3 is 0 Å². The predicted molar refractivity (Wildman–Crippen MR) is 79.4 cm³/mol. The molecule has 1 aromatic heterocycles. The van der Waals surface area contributed by atoms with Gasteiger partial charge in [-0.2, -0.15) is 5.10 Å². The van der Waals surface area contributed by atoms with E-state index in [2.05, 4.69) is 5.10 Å². The van der Waals surface area contributed by atoms with E-state index in [1.54, 1.807) is 17.2 Å². The van der Waals surface area contributed by atoms with E-state index in [0.29, 0.717) is 11.3 Å². The third kappa shape index (κ3) is 3.16. The summed E-state index contributed by atoms with van der Waals surface area (Å²) in [7, 11) is 3.63. The number of hydrogen-bond acceptors (Lipinski definition) is 6. The highest BCUT2D eigenvalue weighted by Crippen LogP contribution is 2.22. The Kier molecular flexibility index (Phi) is 3.88. The number of nitrogens with two attached hydrogens (primary N) is 1. The van der Waals surface area contributed by atoms with Crippen molar-refractivity contribution in [2.75, 3.05) is 24.7 Å². The second kappa shape index (κ2) is 5.61. The second-order valence-corrected chi connectivity index (χ2v) is 4.75. The summed E-state index contributed by atoms with van der Waals surface area (Å²) in [5.41, 5.74) is 6.66. The van der Waals surface area contributed by atoms with Gasteiger partial charge in [-0.05, 0) is 11.6 Å². The molecule has 0 saturated heterocycles. The molecule has 0 aliphatic carbocycles. The van der Waals surface area contributed by atoms with E-state index in [0.717, 1.165) is 0 Å². The van der Waals surface area contributed by atoms with Crippen LogP contribution in [0.1, 0.15) is 5.56 Å². The molecular weight excluding hydrogens is 274 g/mol. The molecule has 1 aromatic carbocycles. The van der Waals surface area contributed by atoms with E-state index in [1.165, 1.54) is 22.9 Å². The fraction of sp³-hybridized carbons (Fsp3) is 0.231. The van der Waals surface area contributed by atoms with Crippen molar-refractivity contribution in [1.29, 1.82) is 0 Å². The van der Waals surface area contributed by atoms with Crippen molar-refractivity contribution in [2.24, 2.45) is 0 Å². The van der Waals surface area contributed by atoms with E-state index in [4.69, 9.17) is 5.73 Å². The van der Waals surface area contributed by atoms with Crippen molar-refractivity contribution in [1.82, 2.24) is 9.78 Å². The molecule has 110 valence electrons. The Morgan fingerprint density at radius 3 is 2.62 bits per heavy atom. The molecular formula is C13H15N5O3. The second-order valence-electron chi connectivity index (χ2n) is 4.75.